The number of nitro groups is 1. The van der Waals surface area contributed by atoms with E-state index in [1.165, 1.54) is 18.2 Å². The van der Waals surface area contributed by atoms with E-state index in [0.717, 1.165) is 19.3 Å². The Bertz CT molecular complexity index is 500. The summed E-state index contributed by atoms with van der Waals surface area (Å²) in [6.45, 7) is 0. The molecule has 1 aromatic rings. The molecule has 6 heteroatoms. The second-order valence-electron chi connectivity index (χ2n) is 4.42. The number of benzene rings is 1. The predicted octanol–water partition coefficient (Wildman–Crippen LogP) is 2.87. The van der Waals surface area contributed by atoms with Gasteiger partial charge in [-0.25, -0.2) is 0 Å². The highest BCUT2D eigenvalue weighted by molar-refractivity contribution is 6.34. The largest absolute Gasteiger partial charge is 0.339 e. The van der Waals surface area contributed by atoms with Crippen LogP contribution in [0.25, 0.3) is 0 Å². The molecule has 0 aromatic heterocycles. The molecule has 0 bridgehead atoms. The first kappa shape index (κ1) is 12.8. The van der Waals surface area contributed by atoms with Gasteiger partial charge in [-0.15, -0.1) is 0 Å². The molecule has 0 saturated heterocycles. The van der Waals surface area contributed by atoms with Crippen LogP contribution < -0.4 is 0 Å². The van der Waals surface area contributed by atoms with Gasteiger partial charge in [-0.3, -0.25) is 14.9 Å². The van der Waals surface area contributed by atoms with Gasteiger partial charge in [0.15, 0.2) is 0 Å². The second kappa shape index (κ2) is 4.94. The van der Waals surface area contributed by atoms with Crippen molar-refractivity contribution in [3.05, 3.63) is 38.9 Å². The van der Waals surface area contributed by atoms with E-state index in [0.29, 0.717) is 5.56 Å². The first-order valence-corrected chi connectivity index (χ1v) is 6.09. The molecule has 0 heterocycles. The van der Waals surface area contributed by atoms with E-state index in [1.807, 2.05) is 0 Å². The zero-order valence-electron chi connectivity index (χ0n) is 9.93. The molecule has 1 fully saturated rings. The fourth-order valence-corrected chi connectivity index (χ4v) is 2.18. The van der Waals surface area contributed by atoms with Gasteiger partial charge in [0.1, 0.15) is 0 Å². The zero-order chi connectivity index (χ0) is 13.3. The Labute approximate surface area is 109 Å². The topological polar surface area (TPSA) is 63.5 Å². The van der Waals surface area contributed by atoms with E-state index in [9.17, 15) is 14.9 Å². The number of carbonyl (C=O) groups is 1. The van der Waals surface area contributed by atoms with Gasteiger partial charge >= 0.3 is 0 Å². The Hall–Kier alpha value is -1.62. The lowest BCUT2D eigenvalue weighted by Crippen LogP contribution is -2.41. The van der Waals surface area contributed by atoms with E-state index in [-0.39, 0.29) is 22.7 Å². The summed E-state index contributed by atoms with van der Waals surface area (Å²) in [7, 11) is 1.74. The fraction of sp³-hybridized carbons (Fsp3) is 0.417. The molecule has 0 radical (unpaired) electrons. The van der Waals surface area contributed by atoms with Crippen molar-refractivity contribution in [3.63, 3.8) is 0 Å². The summed E-state index contributed by atoms with van der Waals surface area (Å²) in [5, 5.41) is 10.7. The maximum absolute atomic E-state index is 12.2. The number of nitro benzene ring substituents is 1. The molecule has 1 aliphatic carbocycles. The highest BCUT2D eigenvalue weighted by Gasteiger charge is 2.27. The quantitative estimate of drug-likeness (QED) is 0.625. The van der Waals surface area contributed by atoms with Crippen molar-refractivity contribution in [1.82, 2.24) is 4.90 Å². The number of non-ortho nitro benzene ring substituents is 1. The minimum atomic E-state index is -0.532. The molecule has 0 spiro atoms. The highest BCUT2D eigenvalue weighted by Crippen LogP contribution is 2.28. The van der Waals surface area contributed by atoms with E-state index in [1.54, 1.807) is 11.9 Å². The molecule has 1 aromatic carbocycles. The monoisotopic (exact) mass is 268 g/mol. The Morgan fingerprint density at radius 1 is 1.50 bits per heavy atom. The van der Waals surface area contributed by atoms with Gasteiger partial charge in [-0.05, 0) is 25.3 Å². The van der Waals surface area contributed by atoms with Gasteiger partial charge in [0, 0.05) is 25.2 Å². The van der Waals surface area contributed by atoms with E-state index in [4.69, 9.17) is 11.6 Å². The van der Waals surface area contributed by atoms with Crippen molar-refractivity contribution in [1.29, 1.82) is 0 Å². The van der Waals surface area contributed by atoms with E-state index in [2.05, 4.69) is 0 Å². The number of amides is 1. The van der Waals surface area contributed by atoms with Gasteiger partial charge < -0.3 is 4.90 Å². The van der Waals surface area contributed by atoms with Crippen LogP contribution in [-0.4, -0.2) is 28.8 Å². The third kappa shape index (κ3) is 2.31. The van der Waals surface area contributed by atoms with Crippen molar-refractivity contribution in [2.45, 2.75) is 25.3 Å². The van der Waals surface area contributed by atoms with Gasteiger partial charge in [0.2, 0.25) is 0 Å². The van der Waals surface area contributed by atoms with Crippen molar-refractivity contribution in [2.24, 2.45) is 0 Å². The maximum Gasteiger partial charge on any atom is 0.270 e. The van der Waals surface area contributed by atoms with Crippen LogP contribution >= 0.6 is 11.6 Å². The van der Waals surface area contributed by atoms with Gasteiger partial charge in [-0.1, -0.05) is 11.6 Å². The summed E-state index contributed by atoms with van der Waals surface area (Å²) in [6, 6.07) is 4.19. The van der Waals surface area contributed by atoms with Crippen LogP contribution in [0, 0.1) is 10.1 Å². The summed E-state index contributed by atoms with van der Waals surface area (Å²) in [5.41, 5.74) is 0.208. The molecule has 5 nitrogen and oxygen atoms in total. The van der Waals surface area contributed by atoms with Crippen LogP contribution in [0.3, 0.4) is 0 Å². The average molecular weight is 269 g/mol. The summed E-state index contributed by atoms with van der Waals surface area (Å²) < 4.78 is 0. The first-order valence-electron chi connectivity index (χ1n) is 5.72. The summed E-state index contributed by atoms with van der Waals surface area (Å²) in [6.07, 6.45) is 3.15. The smallest absolute Gasteiger partial charge is 0.270 e. The van der Waals surface area contributed by atoms with Crippen molar-refractivity contribution < 1.29 is 9.72 Å². The second-order valence-corrected chi connectivity index (χ2v) is 4.83. The van der Waals surface area contributed by atoms with Crippen LogP contribution in [-0.2, 0) is 0 Å². The summed E-state index contributed by atoms with van der Waals surface area (Å²) in [4.78, 5) is 23.9. The van der Waals surface area contributed by atoms with Gasteiger partial charge in [0.05, 0.1) is 15.5 Å². The molecular formula is C12H13ClN2O3. The summed E-state index contributed by atoms with van der Waals surface area (Å²) in [5.74, 6) is -0.181. The number of halogens is 1. The van der Waals surface area contributed by atoms with Crippen molar-refractivity contribution >= 4 is 23.2 Å². The standard InChI is InChI=1S/C12H13ClN2O3/c1-14(8-3-2-4-8)12(16)10-6-5-9(15(17)18)7-11(10)13/h5-8H,2-4H2,1H3. The SMILES string of the molecule is CN(C(=O)c1ccc([N+](=O)[O-])cc1Cl)C1CCC1. The third-order valence-electron chi connectivity index (χ3n) is 3.34. The lowest BCUT2D eigenvalue weighted by atomic mass is 9.91. The molecule has 0 N–H and O–H groups in total. The number of rotatable bonds is 3. The number of nitrogens with zero attached hydrogens (tertiary/aromatic N) is 2. The van der Waals surface area contributed by atoms with E-state index < -0.39 is 4.92 Å². The Morgan fingerprint density at radius 2 is 2.17 bits per heavy atom. The van der Waals surface area contributed by atoms with E-state index >= 15 is 0 Å². The molecule has 1 amide bonds. The molecule has 96 valence electrons. The Balaban J connectivity index is 2.22. The fourth-order valence-electron chi connectivity index (χ4n) is 1.92. The zero-order valence-corrected chi connectivity index (χ0v) is 10.7. The Morgan fingerprint density at radius 3 is 2.61 bits per heavy atom. The third-order valence-corrected chi connectivity index (χ3v) is 3.65. The number of carbonyl (C=O) groups excluding carboxylic acids is 1. The van der Waals surface area contributed by atoms with Crippen molar-refractivity contribution in [2.75, 3.05) is 7.05 Å². The predicted molar refractivity (Wildman–Crippen MR) is 67.8 cm³/mol. The molecular weight excluding hydrogens is 256 g/mol. The molecule has 1 aliphatic rings. The van der Waals surface area contributed by atoms with Crippen molar-refractivity contribution in [3.8, 4) is 0 Å². The number of hydrogen-bond donors (Lipinski definition) is 0. The molecule has 1 saturated carbocycles. The normalized spacial score (nSPS) is 15.0. The minimum absolute atomic E-state index is 0.108. The van der Waals surface area contributed by atoms with Gasteiger partial charge in [0.25, 0.3) is 11.6 Å². The lowest BCUT2D eigenvalue weighted by Gasteiger charge is -2.34. The van der Waals surface area contributed by atoms with Crippen LogP contribution in [0.5, 0.6) is 0 Å². The van der Waals surface area contributed by atoms with Crippen LogP contribution in [0.4, 0.5) is 5.69 Å². The van der Waals surface area contributed by atoms with Gasteiger partial charge in [-0.2, -0.15) is 0 Å². The van der Waals surface area contributed by atoms with Crippen LogP contribution in [0.2, 0.25) is 5.02 Å². The highest BCUT2D eigenvalue weighted by atomic mass is 35.5. The molecule has 0 atom stereocenters. The maximum atomic E-state index is 12.2. The lowest BCUT2D eigenvalue weighted by molar-refractivity contribution is -0.384. The minimum Gasteiger partial charge on any atom is -0.339 e. The average Bonchev–Trinajstić information content (AvgIpc) is 2.25. The van der Waals surface area contributed by atoms with Crippen LogP contribution in [0.1, 0.15) is 29.6 Å². The first-order chi connectivity index (χ1) is 8.50. The Kier molecular flexibility index (Phi) is 3.52. The molecule has 18 heavy (non-hydrogen) atoms. The van der Waals surface area contributed by atoms with Crippen LogP contribution in [0.15, 0.2) is 18.2 Å². The molecule has 0 aliphatic heterocycles. The molecule has 0 unspecified atom stereocenters. The number of hydrogen-bond acceptors (Lipinski definition) is 3. The summed E-state index contributed by atoms with van der Waals surface area (Å²) >= 11 is 5.93. The molecule has 2 rings (SSSR count).